The van der Waals surface area contributed by atoms with Crippen LogP contribution in [0.15, 0.2) is 0 Å². The lowest BCUT2D eigenvalue weighted by Crippen LogP contribution is -2.46. The Kier molecular flexibility index (Phi) is 6.40. The smallest absolute Gasteiger partial charge is 0.0826 e. The van der Waals surface area contributed by atoms with Crippen LogP contribution in [-0.2, 0) is 15.5 Å². The topological polar surface area (TPSA) is 41.6 Å². The average molecular weight is 234 g/mol. The Morgan fingerprint density at radius 2 is 2.40 bits per heavy atom. The van der Waals surface area contributed by atoms with Crippen molar-refractivity contribution in [2.24, 2.45) is 0 Å². The zero-order chi connectivity index (χ0) is 11.1. The molecular weight excluding hydrogens is 212 g/mol. The second-order valence-corrected chi connectivity index (χ2v) is 5.42. The van der Waals surface area contributed by atoms with Gasteiger partial charge in [0, 0.05) is 49.0 Å². The summed E-state index contributed by atoms with van der Waals surface area (Å²) in [5.74, 6) is 0.726. The Bertz CT molecular complexity index is 202. The summed E-state index contributed by atoms with van der Waals surface area (Å²) in [6.45, 7) is 7.85. The highest BCUT2D eigenvalue weighted by Gasteiger charge is 2.18. The van der Waals surface area contributed by atoms with Crippen LogP contribution in [0.25, 0.3) is 0 Å². The minimum absolute atomic E-state index is 0.295. The van der Waals surface area contributed by atoms with Gasteiger partial charge in [0.05, 0.1) is 12.7 Å². The summed E-state index contributed by atoms with van der Waals surface area (Å²) >= 11 is 0. The van der Waals surface area contributed by atoms with Crippen LogP contribution < -0.4 is 5.32 Å². The molecule has 15 heavy (non-hydrogen) atoms. The largest absolute Gasteiger partial charge is 0.374 e. The number of morpholine rings is 1. The van der Waals surface area contributed by atoms with Gasteiger partial charge in [0.2, 0.25) is 0 Å². The van der Waals surface area contributed by atoms with Crippen molar-refractivity contribution in [2.45, 2.75) is 13.0 Å². The fourth-order valence-corrected chi connectivity index (χ4v) is 2.10. The van der Waals surface area contributed by atoms with E-state index in [0.29, 0.717) is 6.10 Å². The Hall–Kier alpha value is 0.0300. The second kappa shape index (κ2) is 7.33. The van der Waals surface area contributed by atoms with Crippen molar-refractivity contribution in [1.29, 1.82) is 0 Å². The highest BCUT2D eigenvalue weighted by Crippen LogP contribution is 2.03. The molecular formula is C10H22N2O2S. The zero-order valence-corrected chi connectivity index (χ0v) is 10.5. The van der Waals surface area contributed by atoms with Crippen molar-refractivity contribution in [3.05, 3.63) is 0 Å². The molecule has 0 spiro atoms. The van der Waals surface area contributed by atoms with Crippen LogP contribution in [0, 0.1) is 0 Å². The molecule has 1 aliphatic rings. The highest BCUT2D eigenvalue weighted by atomic mass is 32.2. The lowest BCUT2D eigenvalue weighted by molar-refractivity contribution is -0.0249. The van der Waals surface area contributed by atoms with Gasteiger partial charge in [-0.15, -0.1) is 0 Å². The number of likely N-dealkylation sites (N-methyl/N-ethyl adjacent to an activating group) is 1. The van der Waals surface area contributed by atoms with E-state index in [4.69, 9.17) is 4.74 Å². The van der Waals surface area contributed by atoms with Crippen molar-refractivity contribution in [3.8, 4) is 0 Å². The van der Waals surface area contributed by atoms with Crippen LogP contribution in [0.4, 0.5) is 0 Å². The van der Waals surface area contributed by atoms with Crippen LogP contribution >= 0.6 is 0 Å². The number of ether oxygens (including phenoxy) is 1. The second-order valence-electron chi connectivity index (χ2n) is 3.87. The molecule has 0 saturated carbocycles. The quantitative estimate of drug-likeness (QED) is 0.639. The highest BCUT2D eigenvalue weighted by molar-refractivity contribution is 7.84. The molecule has 0 aromatic rings. The van der Waals surface area contributed by atoms with Crippen molar-refractivity contribution < 1.29 is 8.95 Å². The number of nitrogens with one attached hydrogen (secondary N) is 1. The zero-order valence-electron chi connectivity index (χ0n) is 9.70. The van der Waals surface area contributed by atoms with Crippen LogP contribution in [0.3, 0.4) is 0 Å². The predicted molar refractivity (Wildman–Crippen MR) is 63.7 cm³/mol. The molecule has 0 bridgehead atoms. The van der Waals surface area contributed by atoms with E-state index in [9.17, 15) is 4.21 Å². The molecule has 4 nitrogen and oxygen atoms in total. The first-order chi connectivity index (χ1) is 7.22. The third-order valence-corrected chi connectivity index (χ3v) is 3.39. The van der Waals surface area contributed by atoms with Gasteiger partial charge in [-0.1, -0.05) is 6.92 Å². The molecule has 1 N–H and O–H groups in total. The van der Waals surface area contributed by atoms with Gasteiger partial charge in [-0.2, -0.15) is 0 Å². The fourth-order valence-electron chi connectivity index (χ4n) is 1.67. The van der Waals surface area contributed by atoms with E-state index in [0.717, 1.165) is 45.1 Å². The molecule has 0 amide bonds. The molecule has 1 saturated heterocycles. The van der Waals surface area contributed by atoms with E-state index in [1.165, 1.54) is 0 Å². The van der Waals surface area contributed by atoms with E-state index in [1.54, 1.807) is 6.26 Å². The number of hydrogen-bond donors (Lipinski definition) is 1. The minimum atomic E-state index is -0.694. The first-order valence-electron chi connectivity index (χ1n) is 5.57. The molecule has 1 rings (SSSR count). The maximum Gasteiger partial charge on any atom is 0.0826 e. The summed E-state index contributed by atoms with van der Waals surface area (Å²) in [7, 11) is -0.694. The maximum atomic E-state index is 10.8. The summed E-state index contributed by atoms with van der Waals surface area (Å²) in [6, 6.07) is 0. The molecule has 2 unspecified atom stereocenters. The lowest BCUT2D eigenvalue weighted by Gasteiger charge is -2.32. The van der Waals surface area contributed by atoms with Crippen LogP contribution in [0.1, 0.15) is 6.92 Å². The van der Waals surface area contributed by atoms with Crippen molar-refractivity contribution >= 4 is 10.8 Å². The van der Waals surface area contributed by atoms with E-state index >= 15 is 0 Å². The molecule has 0 aromatic heterocycles. The number of hydrogen-bond acceptors (Lipinski definition) is 4. The summed E-state index contributed by atoms with van der Waals surface area (Å²) in [4.78, 5) is 2.40. The minimum Gasteiger partial charge on any atom is -0.374 e. The van der Waals surface area contributed by atoms with Gasteiger partial charge >= 0.3 is 0 Å². The van der Waals surface area contributed by atoms with Gasteiger partial charge in [-0.3, -0.25) is 9.11 Å². The van der Waals surface area contributed by atoms with E-state index in [-0.39, 0.29) is 0 Å². The Balaban J connectivity index is 2.07. The normalized spacial score (nSPS) is 25.3. The number of rotatable bonds is 6. The van der Waals surface area contributed by atoms with Crippen molar-refractivity contribution in [1.82, 2.24) is 10.2 Å². The molecule has 5 heteroatoms. The van der Waals surface area contributed by atoms with Crippen LogP contribution in [0.5, 0.6) is 0 Å². The molecule has 0 radical (unpaired) electrons. The molecule has 0 aromatic carbocycles. The van der Waals surface area contributed by atoms with Crippen molar-refractivity contribution in [2.75, 3.05) is 51.3 Å². The molecule has 90 valence electrons. The van der Waals surface area contributed by atoms with Gasteiger partial charge in [-0.25, -0.2) is 0 Å². The average Bonchev–Trinajstić information content (AvgIpc) is 2.24. The lowest BCUT2D eigenvalue weighted by atomic mass is 10.2. The summed E-state index contributed by atoms with van der Waals surface area (Å²) in [5.41, 5.74) is 0. The van der Waals surface area contributed by atoms with E-state index in [2.05, 4.69) is 17.1 Å². The summed E-state index contributed by atoms with van der Waals surface area (Å²) in [5, 5.41) is 3.29. The van der Waals surface area contributed by atoms with Gasteiger partial charge in [0.25, 0.3) is 0 Å². The SMILES string of the molecule is CCN1CCOC(CNCCS(C)=O)C1. The molecule has 1 aliphatic heterocycles. The molecule has 1 fully saturated rings. The fraction of sp³-hybridized carbons (Fsp3) is 1.00. The Morgan fingerprint density at radius 1 is 1.60 bits per heavy atom. The van der Waals surface area contributed by atoms with Crippen LogP contribution in [-0.4, -0.2) is 66.6 Å². The number of nitrogens with zero attached hydrogens (tertiary/aromatic N) is 1. The first-order valence-corrected chi connectivity index (χ1v) is 7.29. The van der Waals surface area contributed by atoms with Gasteiger partial charge in [0.1, 0.15) is 0 Å². The first kappa shape index (κ1) is 13.1. The van der Waals surface area contributed by atoms with E-state index < -0.39 is 10.8 Å². The third kappa shape index (κ3) is 5.61. The Labute approximate surface area is 94.8 Å². The third-order valence-electron chi connectivity index (χ3n) is 2.61. The predicted octanol–water partition coefficient (Wildman–Crippen LogP) is -0.325. The monoisotopic (exact) mass is 234 g/mol. The summed E-state index contributed by atoms with van der Waals surface area (Å²) < 4.78 is 16.5. The van der Waals surface area contributed by atoms with Crippen molar-refractivity contribution in [3.63, 3.8) is 0 Å². The standard InChI is InChI=1S/C10H22N2O2S/c1-3-12-5-6-14-10(9-12)8-11-4-7-15(2)13/h10-11H,3-9H2,1-2H3. The Morgan fingerprint density at radius 3 is 3.07 bits per heavy atom. The van der Waals surface area contributed by atoms with Gasteiger partial charge < -0.3 is 10.1 Å². The molecule has 2 atom stereocenters. The van der Waals surface area contributed by atoms with E-state index in [1.807, 2.05) is 0 Å². The maximum absolute atomic E-state index is 10.8. The van der Waals surface area contributed by atoms with Crippen LogP contribution in [0.2, 0.25) is 0 Å². The van der Waals surface area contributed by atoms with Gasteiger partial charge in [0.15, 0.2) is 0 Å². The van der Waals surface area contributed by atoms with Gasteiger partial charge in [-0.05, 0) is 6.54 Å². The molecule has 1 heterocycles. The summed E-state index contributed by atoms with van der Waals surface area (Å²) in [6.07, 6.45) is 2.03. The molecule has 0 aliphatic carbocycles.